The molecule has 0 atom stereocenters. The van der Waals surface area contributed by atoms with Gasteiger partial charge in [-0.1, -0.05) is 0 Å². The van der Waals surface area contributed by atoms with Gasteiger partial charge in [0.2, 0.25) is 0 Å². The molecule has 4 N–H and O–H groups in total. The van der Waals surface area contributed by atoms with Crippen molar-refractivity contribution in [1.82, 2.24) is 30.2 Å². The quantitative estimate of drug-likeness (QED) is 0.425. The molecule has 0 spiro atoms. The molecule has 0 saturated heterocycles. The fourth-order valence-corrected chi connectivity index (χ4v) is 1.69. The highest BCUT2D eigenvalue weighted by Gasteiger charge is 1.84. The predicted octanol–water partition coefficient (Wildman–Crippen LogP) is 2.03. The molecule has 9 heteroatoms. The molecule has 0 aliphatic heterocycles. The maximum Gasteiger partial charge on any atom is 0.123 e. The fraction of sp³-hybridized carbons (Fsp3) is 0.100. The average Bonchev–Trinajstić information content (AvgIpc) is 3.07. The van der Waals surface area contributed by atoms with Crippen molar-refractivity contribution in [3.8, 4) is 0 Å². The molecular weight excluding hydrogens is 472 g/mol. The smallest absolute Gasteiger partial charge is 0.123 e. The SMILES string of the molecule is Cn1ccc(I)n1.Ic1ccn[nH]1.Nc1ccn[nH]1. The maximum atomic E-state index is 5.16. The number of nitrogen functional groups attached to an aromatic ring is 1. The van der Waals surface area contributed by atoms with Crippen LogP contribution in [-0.2, 0) is 7.05 Å². The lowest BCUT2D eigenvalue weighted by Crippen LogP contribution is -1.85. The Morgan fingerprint density at radius 3 is 1.95 bits per heavy atom. The van der Waals surface area contributed by atoms with Crippen molar-refractivity contribution in [3.05, 3.63) is 44.2 Å². The second-order valence-corrected chi connectivity index (χ2v) is 5.50. The molecular formula is C10H13I2N7. The number of halogens is 2. The summed E-state index contributed by atoms with van der Waals surface area (Å²) in [4.78, 5) is 0. The maximum absolute atomic E-state index is 5.16. The molecule has 0 fully saturated rings. The van der Waals surface area contributed by atoms with Gasteiger partial charge in [0.1, 0.15) is 9.52 Å². The van der Waals surface area contributed by atoms with Crippen molar-refractivity contribution in [2.24, 2.45) is 7.05 Å². The first-order valence-corrected chi connectivity index (χ1v) is 7.28. The molecule has 0 radical (unpaired) electrons. The number of nitrogens with one attached hydrogen (secondary N) is 2. The molecule has 102 valence electrons. The largest absolute Gasteiger partial charge is 0.384 e. The van der Waals surface area contributed by atoms with E-state index in [1.807, 2.05) is 25.4 Å². The number of aromatic amines is 2. The van der Waals surface area contributed by atoms with E-state index in [2.05, 4.69) is 70.7 Å². The van der Waals surface area contributed by atoms with Crippen LogP contribution in [0.1, 0.15) is 0 Å². The topological polar surface area (TPSA) is 101 Å². The van der Waals surface area contributed by atoms with Crippen molar-refractivity contribution < 1.29 is 0 Å². The van der Waals surface area contributed by atoms with E-state index in [-0.39, 0.29) is 0 Å². The third-order valence-corrected chi connectivity index (χ3v) is 2.85. The van der Waals surface area contributed by atoms with Gasteiger partial charge in [0.25, 0.3) is 0 Å². The summed E-state index contributed by atoms with van der Waals surface area (Å²) in [6, 6.07) is 5.56. The Kier molecular flexibility index (Phi) is 7.47. The first-order valence-electron chi connectivity index (χ1n) is 5.13. The minimum absolute atomic E-state index is 0.606. The van der Waals surface area contributed by atoms with Crippen LogP contribution in [0, 0.1) is 7.40 Å². The van der Waals surface area contributed by atoms with Crippen LogP contribution >= 0.6 is 45.2 Å². The van der Waals surface area contributed by atoms with Gasteiger partial charge in [-0.3, -0.25) is 14.9 Å². The minimum atomic E-state index is 0.606. The van der Waals surface area contributed by atoms with Crippen LogP contribution in [0.5, 0.6) is 0 Å². The second kappa shape index (κ2) is 8.90. The molecule has 0 unspecified atom stereocenters. The molecule has 19 heavy (non-hydrogen) atoms. The number of aromatic nitrogens is 6. The molecule has 0 saturated carbocycles. The molecule has 3 heterocycles. The Balaban J connectivity index is 0.000000143. The molecule has 0 aliphatic rings. The van der Waals surface area contributed by atoms with Crippen molar-refractivity contribution in [2.75, 3.05) is 5.73 Å². The molecule has 0 aliphatic carbocycles. The summed E-state index contributed by atoms with van der Waals surface area (Å²) < 4.78 is 3.90. The van der Waals surface area contributed by atoms with Gasteiger partial charge < -0.3 is 5.73 Å². The summed E-state index contributed by atoms with van der Waals surface area (Å²) in [5.41, 5.74) is 5.16. The van der Waals surface area contributed by atoms with Crippen LogP contribution in [0.2, 0.25) is 0 Å². The van der Waals surface area contributed by atoms with Crippen molar-refractivity contribution >= 4 is 51.0 Å². The van der Waals surface area contributed by atoms with Gasteiger partial charge in [-0.15, -0.1) is 0 Å². The lowest BCUT2D eigenvalue weighted by Gasteiger charge is -1.79. The fourth-order valence-electron chi connectivity index (χ4n) is 0.892. The van der Waals surface area contributed by atoms with Gasteiger partial charge in [0.05, 0.1) is 9.90 Å². The van der Waals surface area contributed by atoms with Crippen LogP contribution in [-0.4, -0.2) is 30.2 Å². The summed E-state index contributed by atoms with van der Waals surface area (Å²) in [6.07, 6.45) is 5.25. The standard InChI is InChI=1S/C4H5IN2.C3H3IN2.C3H5N3/c1-7-3-2-4(5)6-7;2*4-3-1-2-5-6-3/h2-3H,1H3;1-2H,(H,5,6);1-2H,(H3,4,5,6). The lowest BCUT2D eigenvalue weighted by atomic mass is 10.7. The number of nitrogens with two attached hydrogens (primary N) is 1. The third kappa shape index (κ3) is 7.81. The van der Waals surface area contributed by atoms with Gasteiger partial charge in [-0.05, 0) is 63.4 Å². The summed E-state index contributed by atoms with van der Waals surface area (Å²) >= 11 is 4.33. The highest BCUT2D eigenvalue weighted by atomic mass is 127. The van der Waals surface area contributed by atoms with Crippen LogP contribution in [0.15, 0.2) is 36.8 Å². The zero-order valence-electron chi connectivity index (χ0n) is 10.1. The van der Waals surface area contributed by atoms with E-state index in [1.165, 1.54) is 0 Å². The Labute approximate surface area is 137 Å². The second-order valence-electron chi connectivity index (χ2n) is 3.23. The van der Waals surface area contributed by atoms with Crippen LogP contribution in [0.4, 0.5) is 5.82 Å². The summed E-state index contributed by atoms with van der Waals surface area (Å²) in [5.74, 6) is 0.606. The Hall–Kier alpha value is -1.11. The van der Waals surface area contributed by atoms with E-state index < -0.39 is 0 Å². The minimum Gasteiger partial charge on any atom is -0.384 e. The normalized spacial score (nSPS) is 9.00. The number of anilines is 1. The molecule has 3 aromatic rings. The summed E-state index contributed by atoms with van der Waals surface area (Å²) in [5, 5.41) is 16.5. The van der Waals surface area contributed by atoms with E-state index in [4.69, 9.17) is 5.73 Å². The number of H-pyrrole nitrogens is 2. The van der Waals surface area contributed by atoms with E-state index in [1.54, 1.807) is 23.1 Å². The van der Waals surface area contributed by atoms with Gasteiger partial charge >= 0.3 is 0 Å². The van der Waals surface area contributed by atoms with E-state index in [9.17, 15) is 0 Å². The van der Waals surface area contributed by atoms with Crippen molar-refractivity contribution in [3.63, 3.8) is 0 Å². The predicted molar refractivity (Wildman–Crippen MR) is 90.2 cm³/mol. The summed E-state index contributed by atoms with van der Waals surface area (Å²) in [6.45, 7) is 0. The van der Waals surface area contributed by atoms with Gasteiger partial charge in [0, 0.05) is 19.4 Å². The van der Waals surface area contributed by atoms with Crippen LogP contribution in [0.25, 0.3) is 0 Å². The van der Waals surface area contributed by atoms with E-state index >= 15 is 0 Å². The monoisotopic (exact) mass is 485 g/mol. The van der Waals surface area contributed by atoms with Gasteiger partial charge in [-0.25, -0.2) is 0 Å². The van der Waals surface area contributed by atoms with Gasteiger partial charge in [-0.2, -0.15) is 15.3 Å². The molecule has 0 bridgehead atoms. The zero-order chi connectivity index (χ0) is 14.1. The highest BCUT2D eigenvalue weighted by molar-refractivity contribution is 14.1. The first kappa shape index (κ1) is 15.9. The Bertz CT molecular complexity index is 495. The van der Waals surface area contributed by atoms with Gasteiger partial charge in [0.15, 0.2) is 0 Å². The summed E-state index contributed by atoms with van der Waals surface area (Å²) in [7, 11) is 1.90. The number of hydrogen-bond donors (Lipinski definition) is 3. The van der Waals surface area contributed by atoms with E-state index in [0.29, 0.717) is 5.82 Å². The molecule has 0 aromatic carbocycles. The van der Waals surface area contributed by atoms with Crippen LogP contribution in [0.3, 0.4) is 0 Å². The molecule has 7 nitrogen and oxygen atoms in total. The molecule has 3 aromatic heterocycles. The van der Waals surface area contributed by atoms with E-state index in [0.717, 1.165) is 7.40 Å². The third-order valence-electron chi connectivity index (χ3n) is 1.67. The molecule has 0 amide bonds. The number of nitrogens with zero attached hydrogens (tertiary/aromatic N) is 4. The number of rotatable bonds is 0. The first-order chi connectivity index (χ1) is 9.08. The van der Waals surface area contributed by atoms with Crippen molar-refractivity contribution in [1.29, 1.82) is 0 Å². The highest BCUT2D eigenvalue weighted by Crippen LogP contribution is 1.96. The number of aryl methyl sites for hydroxylation is 1. The van der Waals surface area contributed by atoms with Crippen LogP contribution < -0.4 is 5.73 Å². The zero-order valence-corrected chi connectivity index (χ0v) is 14.4. The molecule has 3 rings (SSSR count). The lowest BCUT2D eigenvalue weighted by molar-refractivity contribution is 0.760. The van der Waals surface area contributed by atoms with Crippen molar-refractivity contribution in [2.45, 2.75) is 0 Å². The average molecular weight is 485 g/mol. The number of hydrogen-bond acceptors (Lipinski definition) is 4. The Morgan fingerprint density at radius 1 is 1.11 bits per heavy atom. The Morgan fingerprint density at radius 2 is 1.79 bits per heavy atom.